The third-order valence-electron chi connectivity index (χ3n) is 3.33. The molecule has 2 heterocycles. The second kappa shape index (κ2) is 6.73. The molecule has 1 aromatic heterocycles. The lowest BCUT2D eigenvalue weighted by Gasteiger charge is -2.26. The predicted molar refractivity (Wildman–Crippen MR) is 72.0 cm³/mol. The van der Waals surface area contributed by atoms with E-state index in [-0.39, 0.29) is 24.9 Å². The summed E-state index contributed by atoms with van der Waals surface area (Å²) >= 11 is 0. The fraction of sp³-hybridized carbons (Fsp3) is 0.571. The molecule has 1 aliphatic rings. The first kappa shape index (κ1) is 16.2. The van der Waals surface area contributed by atoms with Gasteiger partial charge in [-0.25, -0.2) is 4.68 Å². The zero-order chi connectivity index (χ0) is 16.2. The van der Waals surface area contributed by atoms with Gasteiger partial charge < -0.3 is 9.64 Å². The molecule has 0 aromatic carbocycles. The van der Waals surface area contributed by atoms with Crippen LogP contribution in [-0.2, 0) is 17.5 Å². The van der Waals surface area contributed by atoms with Gasteiger partial charge in [-0.1, -0.05) is 5.92 Å². The fourth-order valence-electron chi connectivity index (χ4n) is 2.22. The van der Waals surface area contributed by atoms with E-state index in [0.29, 0.717) is 13.1 Å². The summed E-state index contributed by atoms with van der Waals surface area (Å²) in [6.45, 7) is 0.816. The maximum atomic E-state index is 12.7. The monoisotopic (exact) mass is 315 g/mol. The number of aromatic nitrogens is 2. The highest BCUT2D eigenvalue weighted by Crippen LogP contribution is 2.30. The average molecular weight is 315 g/mol. The zero-order valence-electron chi connectivity index (χ0n) is 11.9. The van der Waals surface area contributed by atoms with Crippen LogP contribution in [0.4, 0.5) is 13.2 Å². The van der Waals surface area contributed by atoms with E-state index in [0.717, 1.165) is 30.0 Å². The van der Waals surface area contributed by atoms with E-state index >= 15 is 0 Å². The molecule has 120 valence electrons. The maximum Gasteiger partial charge on any atom is 0.435 e. The van der Waals surface area contributed by atoms with Crippen molar-refractivity contribution >= 4 is 5.91 Å². The minimum Gasteiger partial charge on any atom is -0.468 e. The van der Waals surface area contributed by atoms with E-state index in [2.05, 4.69) is 11.0 Å². The lowest BCUT2D eigenvalue weighted by Crippen LogP contribution is -2.38. The molecule has 0 spiro atoms. The molecule has 0 atom stereocenters. The second-order valence-electron chi connectivity index (χ2n) is 4.96. The van der Waals surface area contributed by atoms with Crippen molar-refractivity contribution in [3.63, 3.8) is 0 Å². The SMILES string of the molecule is C#CCn1nc(C(F)(F)F)cc1OCC(=O)N1CCCCC1. The van der Waals surface area contributed by atoms with Gasteiger partial charge in [-0.05, 0) is 19.3 Å². The predicted octanol–water partition coefficient (Wildman–Crippen LogP) is 1.93. The molecule has 0 aliphatic carbocycles. The number of hydrogen-bond acceptors (Lipinski definition) is 3. The van der Waals surface area contributed by atoms with Crippen LogP contribution in [0.1, 0.15) is 25.0 Å². The van der Waals surface area contributed by atoms with Crippen LogP contribution in [-0.4, -0.2) is 40.3 Å². The number of terminal acetylenes is 1. The summed E-state index contributed by atoms with van der Waals surface area (Å²) in [6, 6.07) is 0.751. The topological polar surface area (TPSA) is 47.4 Å². The number of halogens is 3. The van der Waals surface area contributed by atoms with Crippen LogP contribution in [0.15, 0.2) is 6.07 Å². The Bertz CT molecular complexity index is 569. The number of carbonyl (C=O) groups excluding carboxylic acids is 1. The molecule has 0 bridgehead atoms. The summed E-state index contributed by atoms with van der Waals surface area (Å²) < 4.78 is 44.1. The quantitative estimate of drug-likeness (QED) is 0.798. The van der Waals surface area contributed by atoms with Crippen LogP contribution in [0.5, 0.6) is 5.88 Å². The highest BCUT2D eigenvalue weighted by atomic mass is 19.4. The van der Waals surface area contributed by atoms with Crippen LogP contribution in [0, 0.1) is 12.3 Å². The van der Waals surface area contributed by atoms with Gasteiger partial charge in [0, 0.05) is 19.2 Å². The van der Waals surface area contributed by atoms with E-state index in [1.54, 1.807) is 4.90 Å². The molecule has 0 saturated carbocycles. The number of ether oxygens (including phenoxy) is 1. The normalized spacial score (nSPS) is 15.5. The Morgan fingerprint density at radius 3 is 2.64 bits per heavy atom. The summed E-state index contributed by atoms with van der Waals surface area (Å²) in [5.41, 5.74) is -1.09. The Hall–Kier alpha value is -2.17. The average Bonchev–Trinajstić information content (AvgIpc) is 2.89. The van der Waals surface area contributed by atoms with Crippen molar-refractivity contribution in [3.05, 3.63) is 11.8 Å². The smallest absolute Gasteiger partial charge is 0.435 e. The van der Waals surface area contributed by atoms with Crippen LogP contribution >= 0.6 is 0 Å². The molecule has 1 amide bonds. The first-order valence-corrected chi connectivity index (χ1v) is 6.91. The molecular formula is C14H16F3N3O2. The number of likely N-dealkylation sites (tertiary alicyclic amines) is 1. The Labute approximate surface area is 126 Å². The molecule has 1 aliphatic heterocycles. The van der Waals surface area contributed by atoms with E-state index in [4.69, 9.17) is 11.2 Å². The highest BCUT2D eigenvalue weighted by Gasteiger charge is 2.35. The first-order valence-electron chi connectivity index (χ1n) is 6.91. The molecule has 22 heavy (non-hydrogen) atoms. The second-order valence-corrected chi connectivity index (χ2v) is 4.96. The van der Waals surface area contributed by atoms with E-state index < -0.39 is 11.9 Å². The molecule has 2 rings (SSSR count). The third kappa shape index (κ3) is 3.93. The number of rotatable bonds is 4. The van der Waals surface area contributed by atoms with Crippen LogP contribution < -0.4 is 4.74 Å². The van der Waals surface area contributed by atoms with Gasteiger partial charge in [0.2, 0.25) is 5.88 Å². The lowest BCUT2D eigenvalue weighted by molar-refractivity contribution is -0.141. The Morgan fingerprint density at radius 2 is 2.05 bits per heavy atom. The third-order valence-corrected chi connectivity index (χ3v) is 3.33. The molecule has 0 N–H and O–H groups in total. The highest BCUT2D eigenvalue weighted by molar-refractivity contribution is 5.77. The standard InChI is InChI=1S/C14H16F3N3O2/c1-2-6-20-13(9-11(18-20)14(15,16)17)22-10-12(21)19-7-4-3-5-8-19/h1,9H,3-8,10H2. The van der Waals surface area contributed by atoms with E-state index in [9.17, 15) is 18.0 Å². The Kier molecular flexibility index (Phi) is 4.96. The van der Waals surface area contributed by atoms with Crippen molar-refractivity contribution in [3.8, 4) is 18.2 Å². The van der Waals surface area contributed by atoms with Crippen molar-refractivity contribution in [2.45, 2.75) is 32.0 Å². The molecule has 1 fully saturated rings. The van der Waals surface area contributed by atoms with Gasteiger partial charge in [0.05, 0.1) is 0 Å². The fourth-order valence-corrected chi connectivity index (χ4v) is 2.22. The summed E-state index contributed by atoms with van der Waals surface area (Å²) in [7, 11) is 0. The van der Waals surface area contributed by atoms with Gasteiger partial charge in [-0.2, -0.15) is 18.3 Å². The summed E-state index contributed by atoms with van der Waals surface area (Å²) in [4.78, 5) is 13.6. The van der Waals surface area contributed by atoms with Gasteiger partial charge in [0.15, 0.2) is 12.3 Å². The van der Waals surface area contributed by atoms with Crippen molar-refractivity contribution in [2.24, 2.45) is 0 Å². The summed E-state index contributed by atoms with van der Waals surface area (Å²) in [6.07, 6.45) is 3.45. The summed E-state index contributed by atoms with van der Waals surface area (Å²) in [5, 5.41) is 3.36. The molecule has 0 radical (unpaired) electrons. The van der Waals surface area contributed by atoms with Crippen LogP contribution in [0.25, 0.3) is 0 Å². The molecular weight excluding hydrogens is 299 g/mol. The van der Waals surface area contributed by atoms with Crippen LogP contribution in [0.2, 0.25) is 0 Å². The number of amides is 1. The number of hydrogen-bond donors (Lipinski definition) is 0. The van der Waals surface area contributed by atoms with E-state index in [1.807, 2.05) is 0 Å². The Morgan fingerprint density at radius 1 is 1.36 bits per heavy atom. The van der Waals surface area contributed by atoms with Crippen molar-refractivity contribution in [1.29, 1.82) is 0 Å². The summed E-state index contributed by atoms with van der Waals surface area (Å²) in [5.74, 6) is 1.79. The number of carbonyl (C=O) groups is 1. The number of alkyl halides is 3. The maximum absolute atomic E-state index is 12.7. The van der Waals surface area contributed by atoms with Gasteiger partial charge >= 0.3 is 6.18 Å². The minimum atomic E-state index is -4.59. The largest absolute Gasteiger partial charge is 0.468 e. The van der Waals surface area contributed by atoms with Gasteiger partial charge in [-0.15, -0.1) is 6.42 Å². The number of nitrogens with zero attached hydrogens (tertiary/aromatic N) is 3. The first-order chi connectivity index (χ1) is 10.4. The zero-order valence-corrected chi connectivity index (χ0v) is 11.9. The minimum absolute atomic E-state index is 0.157. The van der Waals surface area contributed by atoms with Crippen molar-refractivity contribution in [2.75, 3.05) is 19.7 Å². The molecule has 5 nitrogen and oxygen atoms in total. The molecule has 8 heteroatoms. The van der Waals surface area contributed by atoms with Gasteiger partial charge in [0.1, 0.15) is 6.54 Å². The molecule has 0 unspecified atom stereocenters. The molecule has 1 aromatic rings. The van der Waals surface area contributed by atoms with Crippen LogP contribution in [0.3, 0.4) is 0 Å². The molecule has 1 saturated heterocycles. The number of piperidine rings is 1. The van der Waals surface area contributed by atoms with E-state index in [1.165, 1.54) is 0 Å². The van der Waals surface area contributed by atoms with Crippen molar-refractivity contribution in [1.82, 2.24) is 14.7 Å². The van der Waals surface area contributed by atoms with Gasteiger partial charge in [-0.3, -0.25) is 4.79 Å². The Balaban J connectivity index is 2.03. The van der Waals surface area contributed by atoms with Crippen molar-refractivity contribution < 1.29 is 22.7 Å². The lowest BCUT2D eigenvalue weighted by atomic mass is 10.1. The van der Waals surface area contributed by atoms with Gasteiger partial charge in [0.25, 0.3) is 5.91 Å².